The van der Waals surface area contributed by atoms with Crippen molar-refractivity contribution in [2.45, 2.75) is 27.2 Å². The van der Waals surface area contributed by atoms with Gasteiger partial charge in [0, 0.05) is 6.92 Å². The molecule has 126 valence electrons. The fraction of sp³-hybridized carbons (Fsp3) is 0.412. The average Bonchev–Trinajstić information content (AvgIpc) is 2.46. The third-order valence-corrected chi connectivity index (χ3v) is 2.99. The van der Waals surface area contributed by atoms with Crippen LogP contribution in [0.4, 0.5) is 0 Å². The third kappa shape index (κ3) is 6.42. The maximum Gasteiger partial charge on any atom is 0.352 e. The predicted molar refractivity (Wildman–Crippen MR) is 87.4 cm³/mol. The first kappa shape index (κ1) is 18.5. The second-order valence-corrected chi connectivity index (χ2v) is 5.49. The molecule has 0 radical (unpaired) electrons. The highest BCUT2D eigenvalue weighted by Crippen LogP contribution is 2.29. The van der Waals surface area contributed by atoms with Crippen LogP contribution in [0, 0.1) is 5.92 Å². The molecule has 0 saturated heterocycles. The topological polar surface area (TPSA) is 84.9 Å². The number of carboxylic acid groups (broad SMARTS) is 1. The summed E-state index contributed by atoms with van der Waals surface area (Å²) in [7, 11) is 1.52. The molecule has 1 aromatic rings. The fourth-order valence-electron chi connectivity index (χ4n) is 1.81. The van der Waals surface area contributed by atoms with Gasteiger partial charge in [0.2, 0.25) is 5.91 Å². The molecule has 1 amide bonds. The summed E-state index contributed by atoms with van der Waals surface area (Å²) in [6, 6.07) is 5.09. The van der Waals surface area contributed by atoms with Crippen molar-refractivity contribution in [2.24, 2.45) is 5.92 Å². The van der Waals surface area contributed by atoms with Gasteiger partial charge in [-0.2, -0.15) is 0 Å². The van der Waals surface area contributed by atoms with Gasteiger partial charge in [-0.05, 0) is 36.1 Å². The molecule has 0 aliphatic rings. The standard InChI is InChI=1S/C17H23NO5/c1-11(2)7-8-23-15-6-5-13(10-16(15)22-4)9-14(17(20)21)18-12(3)19/h5-6,9-11H,7-8H2,1-4H3,(H,18,19)(H,20,21)/b14-9-. The number of carbonyl (C=O) groups excluding carboxylic acids is 1. The summed E-state index contributed by atoms with van der Waals surface area (Å²) >= 11 is 0. The minimum atomic E-state index is -1.21. The molecule has 0 atom stereocenters. The van der Waals surface area contributed by atoms with E-state index in [1.165, 1.54) is 20.1 Å². The Bertz CT molecular complexity index is 593. The summed E-state index contributed by atoms with van der Waals surface area (Å²) in [5.74, 6) is -0.00793. The lowest BCUT2D eigenvalue weighted by Gasteiger charge is -2.12. The lowest BCUT2D eigenvalue weighted by Crippen LogP contribution is -2.24. The molecule has 0 fully saturated rings. The molecule has 2 N–H and O–H groups in total. The maximum atomic E-state index is 11.1. The van der Waals surface area contributed by atoms with Crippen LogP contribution in [-0.4, -0.2) is 30.7 Å². The van der Waals surface area contributed by atoms with E-state index in [1.807, 2.05) is 0 Å². The van der Waals surface area contributed by atoms with Crippen molar-refractivity contribution < 1.29 is 24.2 Å². The van der Waals surface area contributed by atoms with Gasteiger partial charge in [-0.15, -0.1) is 0 Å². The molecular weight excluding hydrogens is 298 g/mol. The first-order valence-electron chi connectivity index (χ1n) is 7.37. The maximum absolute atomic E-state index is 11.1. The van der Waals surface area contributed by atoms with Crippen LogP contribution in [0.1, 0.15) is 32.8 Å². The number of nitrogens with one attached hydrogen (secondary N) is 1. The second kappa shape index (κ2) is 8.82. The van der Waals surface area contributed by atoms with E-state index in [2.05, 4.69) is 19.2 Å². The number of carboxylic acids is 1. The number of hydrogen-bond donors (Lipinski definition) is 2. The van der Waals surface area contributed by atoms with Crippen LogP contribution in [0.5, 0.6) is 11.5 Å². The van der Waals surface area contributed by atoms with Crippen molar-refractivity contribution >= 4 is 18.0 Å². The minimum Gasteiger partial charge on any atom is -0.493 e. The van der Waals surface area contributed by atoms with Gasteiger partial charge in [-0.1, -0.05) is 19.9 Å². The summed E-state index contributed by atoms with van der Waals surface area (Å²) < 4.78 is 11.0. The first-order chi connectivity index (χ1) is 10.8. The first-order valence-corrected chi connectivity index (χ1v) is 7.37. The lowest BCUT2D eigenvalue weighted by molar-refractivity contribution is -0.134. The Balaban J connectivity index is 2.97. The van der Waals surface area contributed by atoms with Crippen molar-refractivity contribution in [3.63, 3.8) is 0 Å². The zero-order chi connectivity index (χ0) is 17.4. The van der Waals surface area contributed by atoms with E-state index in [9.17, 15) is 9.59 Å². The zero-order valence-electron chi connectivity index (χ0n) is 13.9. The molecule has 0 aliphatic carbocycles. The smallest absolute Gasteiger partial charge is 0.352 e. The van der Waals surface area contributed by atoms with Crippen LogP contribution in [0.2, 0.25) is 0 Å². The van der Waals surface area contributed by atoms with E-state index in [1.54, 1.807) is 18.2 Å². The Morgan fingerprint density at radius 2 is 2.00 bits per heavy atom. The fourth-order valence-corrected chi connectivity index (χ4v) is 1.81. The molecule has 6 nitrogen and oxygen atoms in total. The Morgan fingerprint density at radius 3 is 2.52 bits per heavy atom. The van der Waals surface area contributed by atoms with Crippen molar-refractivity contribution in [3.05, 3.63) is 29.5 Å². The van der Waals surface area contributed by atoms with Crippen LogP contribution in [0.3, 0.4) is 0 Å². The predicted octanol–water partition coefficient (Wildman–Crippen LogP) is 2.68. The van der Waals surface area contributed by atoms with Gasteiger partial charge in [0.05, 0.1) is 13.7 Å². The summed E-state index contributed by atoms with van der Waals surface area (Å²) in [6.07, 6.45) is 2.29. The van der Waals surface area contributed by atoms with Crippen molar-refractivity contribution in [3.8, 4) is 11.5 Å². The lowest BCUT2D eigenvalue weighted by atomic mass is 10.1. The van der Waals surface area contributed by atoms with Crippen molar-refractivity contribution in [1.82, 2.24) is 5.32 Å². The van der Waals surface area contributed by atoms with Gasteiger partial charge >= 0.3 is 5.97 Å². The Morgan fingerprint density at radius 1 is 1.30 bits per heavy atom. The van der Waals surface area contributed by atoms with E-state index in [0.29, 0.717) is 29.6 Å². The number of hydrogen-bond acceptors (Lipinski definition) is 4. The van der Waals surface area contributed by atoms with Crippen LogP contribution >= 0.6 is 0 Å². The van der Waals surface area contributed by atoms with Crippen LogP contribution < -0.4 is 14.8 Å². The summed E-state index contributed by atoms with van der Waals surface area (Å²) in [4.78, 5) is 22.2. The number of ether oxygens (including phenoxy) is 2. The normalized spacial score (nSPS) is 11.3. The van der Waals surface area contributed by atoms with Crippen molar-refractivity contribution in [2.75, 3.05) is 13.7 Å². The summed E-state index contributed by atoms with van der Waals surface area (Å²) in [5, 5.41) is 11.4. The van der Waals surface area contributed by atoms with E-state index in [0.717, 1.165) is 6.42 Å². The molecule has 0 aromatic heterocycles. The van der Waals surface area contributed by atoms with E-state index in [-0.39, 0.29) is 5.70 Å². The number of amides is 1. The number of aliphatic carboxylic acids is 1. The van der Waals surface area contributed by atoms with E-state index >= 15 is 0 Å². The molecule has 0 aliphatic heterocycles. The highest BCUT2D eigenvalue weighted by Gasteiger charge is 2.11. The second-order valence-electron chi connectivity index (χ2n) is 5.49. The molecular formula is C17H23NO5. The number of methoxy groups -OCH3 is 1. The quantitative estimate of drug-likeness (QED) is 0.719. The molecule has 0 spiro atoms. The Hall–Kier alpha value is -2.50. The molecule has 0 saturated carbocycles. The SMILES string of the molecule is COc1cc(/C=C(\NC(C)=O)C(=O)O)ccc1OCCC(C)C. The molecule has 1 aromatic carbocycles. The Kier molecular flexibility index (Phi) is 7.12. The molecule has 0 unspecified atom stereocenters. The summed E-state index contributed by atoms with van der Waals surface area (Å²) in [5.41, 5.74) is 0.386. The molecule has 0 bridgehead atoms. The molecule has 23 heavy (non-hydrogen) atoms. The van der Waals surface area contributed by atoms with Gasteiger partial charge in [-0.25, -0.2) is 4.79 Å². The zero-order valence-corrected chi connectivity index (χ0v) is 13.9. The van der Waals surface area contributed by atoms with Gasteiger partial charge in [0.25, 0.3) is 0 Å². The van der Waals surface area contributed by atoms with Gasteiger partial charge in [0.15, 0.2) is 11.5 Å². The number of carbonyl (C=O) groups is 2. The van der Waals surface area contributed by atoms with E-state index in [4.69, 9.17) is 14.6 Å². The monoisotopic (exact) mass is 321 g/mol. The van der Waals surface area contributed by atoms with Crippen LogP contribution in [0.15, 0.2) is 23.9 Å². The Labute approximate surface area is 136 Å². The van der Waals surface area contributed by atoms with Gasteiger partial charge in [0.1, 0.15) is 5.70 Å². The molecule has 6 heteroatoms. The largest absolute Gasteiger partial charge is 0.493 e. The summed E-state index contributed by atoms with van der Waals surface area (Å²) in [6.45, 7) is 6.06. The molecule has 0 heterocycles. The van der Waals surface area contributed by atoms with Crippen LogP contribution in [-0.2, 0) is 9.59 Å². The third-order valence-electron chi connectivity index (χ3n) is 2.99. The van der Waals surface area contributed by atoms with E-state index < -0.39 is 11.9 Å². The highest BCUT2D eigenvalue weighted by molar-refractivity contribution is 5.96. The minimum absolute atomic E-state index is 0.201. The average molecular weight is 321 g/mol. The molecule has 1 rings (SSSR count). The van der Waals surface area contributed by atoms with Crippen molar-refractivity contribution in [1.29, 1.82) is 0 Å². The van der Waals surface area contributed by atoms with Gasteiger partial charge < -0.3 is 19.9 Å². The number of benzene rings is 1. The van der Waals surface area contributed by atoms with Gasteiger partial charge in [-0.3, -0.25) is 4.79 Å². The number of rotatable bonds is 8. The van der Waals surface area contributed by atoms with Crippen LogP contribution in [0.25, 0.3) is 6.08 Å². The highest BCUT2D eigenvalue weighted by atomic mass is 16.5.